The monoisotopic (exact) mass is 341 g/mol. The van der Waals surface area contributed by atoms with E-state index in [-0.39, 0.29) is 5.75 Å². The van der Waals surface area contributed by atoms with Gasteiger partial charge in [0.1, 0.15) is 6.04 Å². The summed E-state index contributed by atoms with van der Waals surface area (Å²) in [4.78, 5) is 37.2. The number of nitrogens with two attached hydrogens (primary N) is 1. The Morgan fingerprint density at radius 2 is 2.09 bits per heavy atom. The highest BCUT2D eigenvalue weighted by Crippen LogP contribution is 2.26. The van der Waals surface area contributed by atoms with Crippen LogP contribution in [0.2, 0.25) is 5.02 Å². The van der Waals surface area contributed by atoms with Crippen LogP contribution in [0.5, 0.6) is 0 Å². The Labute approximate surface area is 137 Å². The smallest absolute Gasteiger partial charge is 0.324 e. The predicted molar refractivity (Wildman–Crippen MR) is 84.6 cm³/mol. The molecule has 1 aromatic carbocycles. The van der Waals surface area contributed by atoms with Crippen LogP contribution >= 0.6 is 23.4 Å². The van der Waals surface area contributed by atoms with Gasteiger partial charge in [-0.1, -0.05) is 23.7 Å². The molecule has 3 N–H and O–H groups in total. The predicted octanol–water partition coefficient (Wildman–Crippen LogP) is 1.62. The van der Waals surface area contributed by atoms with E-state index in [1.807, 2.05) is 6.07 Å². The summed E-state index contributed by atoms with van der Waals surface area (Å²) >= 11 is 7.23. The van der Waals surface area contributed by atoms with E-state index in [9.17, 15) is 14.4 Å². The molecule has 2 rings (SSSR count). The minimum Gasteiger partial charge on any atom is -0.368 e. The second-order valence-corrected chi connectivity index (χ2v) is 6.25. The van der Waals surface area contributed by atoms with Crippen molar-refractivity contribution in [3.63, 3.8) is 0 Å². The Hall–Kier alpha value is -1.73. The van der Waals surface area contributed by atoms with Crippen molar-refractivity contribution in [2.45, 2.75) is 23.8 Å². The van der Waals surface area contributed by atoms with Gasteiger partial charge in [0.15, 0.2) is 0 Å². The van der Waals surface area contributed by atoms with Gasteiger partial charge < -0.3 is 10.6 Å². The first-order chi connectivity index (χ1) is 10.5. The van der Waals surface area contributed by atoms with E-state index in [0.717, 1.165) is 4.90 Å². The Bertz CT molecular complexity index is 596. The van der Waals surface area contributed by atoms with Crippen LogP contribution in [0.25, 0.3) is 0 Å². The number of nitrogens with one attached hydrogen (secondary N) is 1. The minimum atomic E-state index is -0.635. The maximum absolute atomic E-state index is 12.0. The normalized spacial score (nSPS) is 17.3. The minimum absolute atomic E-state index is 0.0601. The molecule has 118 valence electrons. The highest BCUT2D eigenvalue weighted by atomic mass is 35.5. The summed E-state index contributed by atoms with van der Waals surface area (Å²) in [5, 5.41) is 2.83. The Balaban J connectivity index is 1.85. The van der Waals surface area contributed by atoms with Crippen molar-refractivity contribution < 1.29 is 14.4 Å². The molecule has 1 aliphatic heterocycles. The van der Waals surface area contributed by atoms with Gasteiger partial charge in [-0.3, -0.25) is 14.9 Å². The number of hydrogen-bond acceptors (Lipinski definition) is 4. The summed E-state index contributed by atoms with van der Waals surface area (Å²) in [7, 11) is 0. The molecule has 1 saturated heterocycles. The van der Waals surface area contributed by atoms with Crippen molar-refractivity contribution in [2.75, 3.05) is 12.3 Å². The van der Waals surface area contributed by atoms with E-state index < -0.39 is 23.9 Å². The number of thioether (sulfide) groups is 1. The van der Waals surface area contributed by atoms with E-state index in [2.05, 4.69) is 5.32 Å². The largest absolute Gasteiger partial charge is 0.368 e. The summed E-state index contributed by atoms with van der Waals surface area (Å²) in [5.41, 5.74) is 5.24. The second-order valence-electron chi connectivity index (χ2n) is 4.83. The van der Waals surface area contributed by atoms with Crippen LogP contribution in [-0.2, 0) is 9.59 Å². The van der Waals surface area contributed by atoms with Crippen molar-refractivity contribution in [3.8, 4) is 0 Å². The summed E-state index contributed by atoms with van der Waals surface area (Å²) in [5.74, 6) is -0.930. The molecule has 1 aromatic rings. The van der Waals surface area contributed by atoms with Gasteiger partial charge in [-0.2, -0.15) is 0 Å². The molecule has 1 fully saturated rings. The van der Waals surface area contributed by atoms with Gasteiger partial charge in [-0.25, -0.2) is 4.79 Å². The number of hydrogen-bond donors (Lipinski definition) is 2. The van der Waals surface area contributed by atoms with Crippen molar-refractivity contribution in [1.29, 1.82) is 0 Å². The molecule has 0 aliphatic carbocycles. The molecule has 1 aliphatic rings. The fourth-order valence-electron chi connectivity index (χ4n) is 2.24. The zero-order valence-corrected chi connectivity index (χ0v) is 13.3. The Morgan fingerprint density at radius 3 is 2.77 bits per heavy atom. The molecule has 6 nitrogen and oxygen atoms in total. The molecule has 0 saturated carbocycles. The third-order valence-corrected chi connectivity index (χ3v) is 4.80. The van der Waals surface area contributed by atoms with E-state index in [0.29, 0.717) is 24.4 Å². The number of amides is 4. The Morgan fingerprint density at radius 1 is 1.36 bits per heavy atom. The number of carbonyl (C=O) groups excluding carboxylic acids is 3. The van der Waals surface area contributed by atoms with Crippen LogP contribution in [0.3, 0.4) is 0 Å². The lowest BCUT2D eigenvalue weighted by Crippen LogP contribution is -2.49. The molecule has 1 unspecified atom stereocenters. The van der Waals surface area contributed by atoms with Gasteiger partial charge in [-0.05, 0) is 25.0 Å². The van der Waals surface area contributed by atoms with Crippen LogP contribution in [0.15, 0.2) is 29.2 Å². The van der Waals surface area contributed by atoms with Crippen LogP contribution in [0.4, 0.5) is 4.79 Å². The topological polar surface area (TPSA) is 92.5 Å². The molecule has 0 bridgehead atoms. The lowest BCUT2D eigenvalue weighted by atomic mass is 10.2. The first-order valence-electron chi connectivity index (χ1n) is 6.76. The number of nitrogens with zero attached hydrogens (tertiary/aromatic N) is 1. The molecule has 0 spiro atoms. The summed E-state index contributed by atoms with van der Waals surface area (Å²) < 4.78 is 0. The number of benzene rings is 1. The number of halogens is 1. The number of rotatable bonds is 4. The molecule has 0 aromatic heterocycles. The molecule has 1 atom stereocenters. The number of primary amides is 1. The third-order valence-electron chi connectivity index (χ3n) is 3.28. The molecule has 1 heterocycles. The van der Waals surface area contributed by atoms with Crippen molar-refractivity contribution >= 4 is 41.2 Å². The molecular formula is C14H16ClN3O3S. The van der Waals surface area contributed by atoms with Crippen molar-refractivity contribution in [3.05, 3.63) is 29.3 Å². The average molecular weight is 342 g/mol. The zero-order chi connectivity index (χ0) is 16.1. The first kappa shape index (κ1) is 16.6. The average Bonchev–Trinajstić information content (AvgIpc) is 2.96. The molecule has 8 heteroatoms. The number of likely N-dealkylation sites (tertiary alicyclic amines) is 1. The first-order valence-corrected chi connectivity index (χ1v) is 8.12. The lowest BCUT2D eigenvalue weighted by Gasteiger charge is -2.21. The van der Waals surface area contributed by atoms with Gasteiger partial charge >= 0.3 is 6.03 Å². The van der Waals surface area contributed by atoms with Gasteiger partial charge in [0, 0.05) is 11.4 Å². The van der Waals surface area contributed by atoms with Crippen LogP contribution in [0.1, 0.15) is 12.8 Å². The highest BCUT2D eigenvalue weighted by Gasteiger charge is 2.33. The van der Waals surface area contributed by atoms with Gasteiger partial charge in [0.05, 0.1) is 10.8 Å². The van der Waals surface area contributed by atoms with Crippen molar-refractivity contribution in [1.82, 2.24) is 10.2 Å². The standard InChI is InChI=1S/C14H16ClN3O3S/c15-9-4-1-2-6-11(9)22-8-12(19)17-14(21)18-7-3-5-10(18)13(16)20/h1-2,4,6,10H,3,5,7-8H2,(H2,16,20)(H,17,19,21). The summed E-state index contributed by atoms with van der Waals surface area (Å²) in [6.07, 6.45) is 1.23. The quantitative estimate of drug-likeness (QED) is 0.814. The third kappa shape index (κ3) is 4.14. The van der Waals surface area contributed by atoms with E-state index >= 15 is 0 Å². The molecular weight excluding hydrogens is 326 g/mol. The van der Waals surface area contributed by atoms with Crippen LogP contribution in [0, 0.1) is 0 Å². The number of carbonyl (C=O) groups is 3. The van der Waals surface area contributed by atoms with E-state index in [1.54, 1.807) is 18.2 Å². The number of urea groups is 1. The van der Waals surface area contributed by atoms with Gasteiger partial charge in [0.2, 0.25) is 11.8 Å². The molecule has 22 heavy (non-hydrogen) atoms. The van der Waals surface area contributed by atoms with Crippen molar-refractivity contribution in [2.24, 2.45) is 5.73 Å². The van der Waals surface area contributed by atoms with Crippen LogP contribution in [-0.4, -0.2) is 41.1 Å². The van der Waals surface area contributed by atoms with E-state index in [4.69, 9.17) is 17.3 Å². The lowest BCUT2D eigenvalue weighted by molar-refractivity contribution is -0.122. The highest BCUT2D eigenvalue weighted by molar-refractivity contribution is 8.00. The fourth-order valence-corrected chi connectivity index (χ4v) is 3.28. The summed E-state index contributed by atoms with van der Waals surface area (Å²) in [6, 6.07) is 5.93. The maximum atomic E-state index is 12.0. The molecule has 0 radical (unpaired) electrons. The zero-order valence-electron chi connectivity index (χ0n) is 11.8. The van der Waals surface area contributed by atoms with Gasteiger partial charge in [-0.15, -0.1) is 11.8 Å². The number of imide groups is 1. The molecule has 4 amide bonds. The van der Waals surface area contributed by atoms with Gasteiger partial charge in [0.25, 0.3) is 0 Å². The van der Waals surface area contributed by atoms with Crippen LogP contribution < -0.4 is 11.1 Å². The van der Waals surface area contributed by atoms with E-state index in [1.165, 1.54) is 16.7 Å². The SMILES string of the molecule is NC(=O)C1CCCN1C(=O)NC(=O)CSc1ccccc1Cl. The Kier molecular flexibility index (Phi) is 5.68. The summed E-state index contributed by atoms with van der Waals surface area (Å²) in [6.45, 7) is 0.421. The fraction of sp³-hybridized carbons (Fsp3) is 0.357. The second kappa shape index (κ2) is 7.51. The maximum Gasteiger partial charge on any atom is 0.324 e.